The minimum Gasteiger partial charge on any atom is -0.348 e. The smallest absolute Gasteiger partial charge is 0.253 e. The summed E-state index contributed by atoms with van der Waals surface area (Å²) in [5.41, 5.74) is 2.83. The number of halogens is 2. The second-order valence-electron chi connectivity index (χ2n) is 5.72. The van der Waals surface area contributed by atoms with E-state index in [1.54, 1.807) is 38.1 Å². The number of pyridine rings is 1. The van der Waals surface area contributed by atoms with Crippen LogP contribution >= 0.6 is 0 Å². The van der Waals surface area contributed by atoms with Crippen molar-refractivity contribution in [3.05, 3.63) is 76.5 Å². The van der Waals surface area contributed by atoms with Crippen molar-refractivity contribution in [2.75, 3.05) is 0 Å². The van der Waals surface area contributed by atoms with E-state index in [9.17, 15) is 13.6 Å². The lowest BCUT2D eigenvalue weighted by Gasteiger charge is -2.09. The topological polar surface area (TPSA) is 42.0 Å². The lowest BCUT2D eigenvalue weighted by Crippen LogP contribution is -2.24. The maximum Gasteiger partial charge on any atom is 0.253 e. The van der Waals surface area contributed by atoms with Crippen molar-refractivity contribution in [1.82, 2.24) is 10.3 Å². The molecule has 0 spiro atoms. The van der Waals surface area contributed by atoms with Crippen LogP contribution in [0.15, 0.2) is 42.5 Å². The SMILES string of the molecule is Cc1cc(CNC(=O)c2cc3ccc(F)cc3nc2C)ccc1F. The van der Waals surface area contributed by atoms with Gasteiger partial charge in [-0.15, -0.1) is 0 Å². The molecule has 1 N–H and O–H groups in total. The van der Waals surface area contributed by atoms with Gasteiger partial charge >= 0.3 is 0 Å². The number of carbonyl (C=O) groups is 1. The zero-order valence-corrected chi connectivity index (χ0v) is 13.4. The molecular formula is C19H16F2N2O. The Labute approximate surface area is 138 Å². The van der Waals surface area contributed by atoms with E-state index in [0.29, 0.717) is 34.3 Å². The summed E-state index contributed by atoms with van der Waals surface area (Å²) in [4.78, 5) is 16.7. The monoisotopic (exact) mass is 326 g/mol. The van der Waals surface area contributed by atoms with Crippen molar-refractivity contribution in [2.45, 2.75) is 20.4 Å². The van der Waals surface area contributed by atoms with Gasteiger partial charge in [0, 0.05) is 18.0 Å². The summed E-state index contributed by atoms with van der Waals surface area (Å²) in [5, 5.41) is 3.50. The van der Waals surface area contributed by atoms with Gasteiger partial charge in [0.25, 0.3) is 5.91 Å². The highest BCUT2D eigenvalue weighted by atomic mass is 19.1. The lowest BCUT2D eigenvalue weighted by atomic mass is 10.1. The average Bonchev–Trinajstić information content (AvgIpc) is 2.55. The Morgan fingerprint density at radius 1 is 1.08 bits per heavy atom. The van der Waals surface area contributed by atoms with Crippen LogP contribution in [0.25, 0.3) is 10.9 Å². The van der Waals surface area contributed by atoms with E-state index in [0.717, 1.165) is 5.56 Å². The average molecular weight is 326 g/mol. The first-order chi connectivity index (χ1) is 11.4. The van der Waals surface area contributed by atoms with Gasteiger partial charge in [-0.25, -0.2) is 8.78 Å². The number of nitrogens with one attached hydrogen (secondary N) is 1. The molecule has 3 aromatic rings. The van der Waals surface area contributed by atoms with E-state index in [-0.39, 0.29) is 17.5 Å². The Kier molecular flexibility index (Phi) is 4.25. The van der Waals surface area contributed by atoms with Crippen molar-refractivity contribution >= 4 is 16.8 Å². The van der Waals surface area contributed by atoms with Crippen LogP contribution in [-0.4, -0.2) is 10.9 Å². The van der Waals surface area contributed by atoms with Gasteiger partial charge in [0.1, 0.15) is 11.6 Å². The van der Waals surface area contributed by atoms with Gasteiger partial charge in [0.2, 0.25) is 0 Å². The summed E-state index contributed by atoms with van der Waals surface area (Å²) in [6, 6.07) is 10.7. The van der Waals surface area contributed by atoms with Crippen LogP contribution in [0, 0.1) is 25.5 Å². The number of rotatable bonds is 3. The van der Waals surface area contributed by atoms with E-state index >= 15 is 0 Å². The zero-order valence-electron chi connectivity index (χ0n) is 13.4. The molecule has 1 aromatic heterocycles. The van der Waals surface area contributed by atoms with E-state index in [2.05, 4.69) is 10.3 Å². The van der Waals surface area contributed by atoms with Crippen molar-refractivity contribution < 1.29 is 13.6 Å². The second kappa shape index (κ2) is 6.35. The van der Waals surface area contributed by atoms with Crippen molar-refractivity contribution in [3.8, 4) is 0 Å². The molecule has 122 valence electrons. The van der Waals surface area contributed by atoms with Gasteiger partial charge in [0.15, 0.2) is 0 Å². The Balaban J connectivity index is 1.81. The minimum atomic E-state index is -0.363. The van der Waals surface area contributed by atoms with E-state index < -0.39 is 0 Å². The third-order valence-electron chi connectivity index (χ3n) is 3.89. The first-order valence-corrected chi connectivity index (χ1v) is 7.54. The normalized spacial score (nSPS) is 10.8. The molecular weight excluding hydrogens is 310 g/mol. The van der Waals surface area contributed by atoms with Crippen LogP contribution in [0.1, 0.15) is 27.2 Å². The summed E-state index contributed by atoms with van der Waals surface area (Å²) in [6.45, 7) is 3.68. The standard InChI is InChI=1S/C19H16F2N2O/c1-11-7-13(3-6-17(11)21)10-22-19(24)16-8-14-4-5-15(20)9-18(14)23-12(16)2/h3-9H,10H2,1-2H3,(H,22,24). The highest BCUT2D eigenvalue weighted by Crippen LogP contribution is 2.18. The fourth-order valence-electron chi connectivity index (χ4n) is 2.56. The quantitative estimate of drug-likeness (QED) is 0.788. The van der Waals surface area contributed by atoms with Crippen molar-refractivity contribution in [3.63, 3.8) is 0 Å². The van der Waals surface area contributed by atoms with Crippen LogP contribution < -0.4 is 5.32 Å². The summed E-state index contributed by atoms with van der Waals surface area (Å²) in [6.07, 6.45) is 0. The van der Waals surface area contributed by atoms with Gasteiger partial charge in [0.05, 0.1) is 16.8 Å². The maximum atomic E-state index is 13.3. The molecule has 3 nitrogen and oxygen atoms in total. The summed E-state index contributed by atoms with van der Waals surface area (Å²) in [5.74, 6) is -0.904. The van der Waals surface area contributed by atoms with E-state index in [4.69, 9.17) is 0 Å². The number of nitrogens with zero attached hydrogens (tertiary/aromatic N) is 1. The third kappa shape index (κ3) is 3.25. The Bertz CT molecular complexity index is 938. The molecule has 0 unspecified atom stereocenters. The highest BCUT2D eigenvalue weighted by molar-refractivity contribution is 5.98. The van der Waals surface area contributed by atoms with E-state index in [1.165, 1.54) is 18.2 Å². The number of carbonyl (C=O) groups excluding carboxylic acids is 1. The molecule has 2 aromatic carbocycles. The van der Waals surface area contributed by atoms with Crippen LogP contribution in [0.4, 0.5) is 8.78 Å². The molecule has 0 saturated carbocycles. The number of fused-ring (bicyclic) bond motifs is 1. The number of amides is 1. The highest BCUT2D eigenvalue weighted by Gasteiger charge is 2.12. The van der Waals surface area contributed by atoms with Gasteiger partial charge in [-0.05, 0) is 49.2 Å². The molecule has 1 amide bonds. The van der Waals surface area contributed by atoms with Crippen LogP contribution in [0.3, 0.4) is 0 Å². The molecule has 0 aliphatic heterocycles. The zero-order chi connectivity index (χ0) is 17.3. The molecule has 0 atom stereocenters. The predicted octanol–water partition coefficient (Wildman–Crippen LogP) is 4.06. The maximum absolute atomic E-state index is 13.3. The molecule has 24 heavy (non-hydrogen) atoms. The molecule has 0 fully saturated rings. The Hall–Kier alpha value is -2.82. The summed E-state index contributed by atoms with van der Waals surface area (Å²) in [7, 11) is 0. The van der Waals surface area contributed by atoms with Gasteiger partial charge in [-0.2, -0.15) is 0 Å². The molecule has 5 heteroatoms. The molecule has 0 saturated heterocycles. The number of aromatic nitrogens is 1. The summed E-state index contributed by atoms with van der Waals surface area (Å²) >= 11 is 0. The first-order valence-electron chi connectivity index (χ1n) is 7.54. The van der Waals surface area contributed by atoms with Crippen LogP contribution in [0.2, 0.25) is 0 Å². The van der Waals surface area contributed by atoms with Crippen LogP contribution in [-0.2, 0) is 6.54 Å². The van der Waals surface area contributed by atoms with Gasteiger partial charge in [-0.1, -0.05) is 12.1 Å². The fraction of sp³-hybridized carbons (Fsp3) is 0.158. The minimum absolute atomic E-state index is 0.270. The van der Waals surface area contributed by atoms with Crippen molar-refractivity contribution in [2.24, 2.45) is 0 Å². The molecule has 1 heterocycles. The summed E-state index contributed by atoms with van der Waals surface area (Å²) < 4.78 is 26.5. The van der Waals surface area contributed by atoms with E-state index in [1.807, 2.05) is 0 Å². The molecule has 0 bridgehead atoms. The molecule has 0 aliphatic rings. The first kappa shape index (κ1) is 16.1. The number of benzene rings is 2. The van der Waals surface area contributed by atoms with Gasteiger partial charge in [-0.3, -0.25) is 9.78 Å². The molecule has 0 radical (unpaired) electrons. The predicted molar refractivity (Wildman–Crippen MR) is 88.7 cm³/mol. The largest absolute Gasteiger partial charge is 0.348 e. The fourth-order valence-corrected chi connectivity index (χ4v) is 2.56. The Morgan fingerprint density at radius 2 is 1.88 bits per heavy atom. The van der Waals surface area contributed by atoms with Crippen LogP contribution in [0.5, 0.6) is 0 Å². The molecule has 3 rings (SSSR count). The molecule has 0 aliphatic carbocycles. The van der Waals surface area contributed by atoms with Crippen molar-refractivity contribution in [1.29, 1.82) is 0 Å². The Morgan fingerprint density at radius 3 is 2.62 bits per heavy atom. The number of aryl methyl sites for hydroxylation is 2. The van der Waals surface area contributed by atoms with Gasteiger partial charge < -0.3 is 5.32 Å². The second-order valence-corrected chi connectivity index (χ2v) is 5.72. The third-order valence-corrected chi connectivity index (χ3v) is 3.89. The lowest BCUT2D eigenvalue weighted by molar-refractivity contribution is 0.0950. The number of hydrogen-bond acceptors (Lipinski definition) is 2. The number of hydrogen-bond donors (Lipinski definition) is 1.